The lowest BCUT2D eigenvalue weighted by Crippen LogP contribution is -2.10. The highest BCUT2D eigenvalue weighted by Gasteiger charge is 2.17. The summed E-state index contributed by atoms with van der Waals surface area (Å²) in [5.41, 5.74) is 3.83. The van der Waals surface area contributed by atoms with Crippen molar-refractivity contribution in [3.05, 3.63) is 47.0 Å². The topological polar surface area (TPSA) is 29.9 Å². The van der Waals surface area contributed by atoms with E-state index in [-0.39, 0.29) is 5.82 Å². The second-order valence-corrected chi connectivity index (χ2v) is 4.47. The Labute approximate surface area is 113 Å². The number of rotatable bonds is 5. The molecule has 3 nitrogen and oxygen atoms in total. The van der Waals surface area contributed by atoms with Crippen LogP contribution in [0.3, 0.4) is 0 Å². The summed E-state index contributed by atoms with van der Waals surface area (Å²) in [6, 6.07) is 6.77. The van der Waals surface area contributed by atoms with E-state index >= 15 is 0 Å². The third-order valence-electron chi connectivity index (χ3n) is 3.28. The maximum Gasteiger partial charge on any atom is 0.148 e. The molecule has 0 radical (unpaired) electrons. The van der Waals surface area contributed by atoms with Crippen LogP contribution in [-0.4, -0.2) is 16.8 Å². The number of aromatic nitrogens is 2. The van der Waals surface area contributed by atoms with Gasteiger partial charge in [0.05, 0.1) is 5.69 Å². The fraction of sp³-hybridized carbons (Fsp3) is 0.400. The number of hydrogen-bond acceptors (Lipinski definition) is 2. The van der Waals surface area contributed by atoms with Crippen LogP contribution in [-0.2, 0) is 19.4 Å². The van der Waals surface area contributed by atoms with Crippen LogP contribution >= 0.6 is 0 Å². The normalized spacial score (nSPS) is 10.9. The minimum atomic E-state index is -0.238. The van der Waals surface area contributed by atoms with Crippen LogP contribution in [0.25, 0.3) is 5.69 Å². The Morgan fingerprint density at radius 2 is 1.95 bits per heavy atom. The Morgan fingerprint density at radius 1 is 1.21 bits per heavy atom. The number of nitrogens with one attached hydrogen (secondary N) is 1. The Balaban J connectivity index is 2.60. The number of halogens is 1. The van der Waals surface area contributed by atoms with Gasteiger partial charge in [-0.25, -0.2) is 9.07 Å². The molecule has 0 unspecified atom stereocenters. The summed E-state index contributed by atoms with van der Waals surface area (Å²) < 4.78 is 15.7. The van der Waals surface area contributed by atoms with Crippen LogP contribution in [0.5, 0.6) is 0 Å². The van der Waals surface area contributed by atoms with Crippen LogP contribution < -0.4 is 5.32 Å². The molecule has 102 valence electrons. The standard InChI is InChI=1S/C15H20FN3/c1-4-13-11(10-17-3)14(5-2)19(18-13)15-9-7-6-8-12(15)16/h6-9,17H,4-5,10H2,1-3H3. The van der Waals surface area contributed by atoms with Crippen LogP contribution in [0, 0.1) is 5.82 Å². The Hall–Kier alpha value is -1.68. The van der Waals surface area contributed by atoms with E-state index in [2.05, 4.69) is 24.3 Å². The Kier molecular flexibility index (Phi) is 4.32. The van der Waals surface area contributed by atoms with Gasteiger partial charge in [-0.2, -0.15) is 5.10 Å². The van der Waals surface area contributed by atoms with Crippen LogP contribution in [0.2, 0.25) is 0 Å². The van der Waals surface area contributed by atoms with E-state index in [4.69, 9.17) is 0 Å². The SMILES string of the molecule is CCc1nn(-c2ccccc2F)c(CC)c1CNC. The first-order chi connectivity index (χ1) is 9.22. The van der Waals surface area contributed by atoms with Gasteiger partial charge in [-0.1, -0.05) is 26.0 Å². The molecule has 0 bridgehead atoms. The molecule has 1 N–H and O–H groups in total. The molecule has 0 saturated heterocycles. The molecule has 4 heteroatoms. The number of benzene rings is 1. The maximum absolute atomic E-state index is 13.9. The zero-order valence-corrected chi connectivity index (χ0v) is 11.7. The van der Waals surface area contributed by atoms with Gasteiger partial charge < -0.3 is 5.32 Å². The zero-order chi connectivity index (χ0) is 13.8. The molecule has 2 aromatic rings. The number of hydrogen-bond donors (Lipinski definition) is 1. The maximum atomic E-state index is 13.9. The lowest BCUT2D eigenvalue weighted by atomic mass is 10.1. The molecule has 0 fully saturated rings. The van der Waals surface area contributed by atoms with Gasteiger partial charge in [0.1, 0.15) is 11.5 Å². The van der Waals surface area contributed by atoms with Crippen molar-refractivity contribution in [1.29, 1.82) is 0 Å². The van der Waals surface area contributed by atoms with Crippen molar-refractivity contribution in [1.82, 2.24) is 15.1 Å². The van der Waals surface area contributed by atoms with Crippen molar-refractivity contribution in [3.63, 3.8) is 0 Å². The number of nitrogens with zero attached hydrogens (tertiary/aromatic N) is 2. The summed E-state index contributed by atoms with van der Waals surface area (Å²) in [6.07, 6.45) is 1.68. The van der Waals surface area contributed by atoms with E-state index in [0.717, 1.165) is 30.8 Å². The average molecular weight is 261 g/mol. The lowest BCUT2D eigenvalue weighted by molar-refractivity contribution is 0.605. The van der Waals surface area contributed by atoms with E-state index in [1.165, 1.54) is 11.6 Å². The lowest BCUT2D eigenvalue weighted by Gasteiger charge is -2.08. The highest BCUT2D eigenvalue weighted by Crippen LogP contribution is 2.22. The Morgan fingerprint density at radius 3 is 2.53 bits per heavy atom. The molecule has 0 aliphatic rings. The molecule has 1 aromatic carbocycles. The first-order valence-corrected chi connectivity index (χ1v) is 6.72. The third kappa shape index (κ3) is 2.54. The molecule has 0 aliphatic carbocycles. The van der Waals surface area contributed by atoms with E-state index in [9.17, 15) is 4.39 Å². The minimum Gasteiger partial charge on any atom is -0.316 e. The van der Waals surface area contributed by atoms with Crippen molar-refractivity contribution in [2.24, 2.45) is 0 Å². The summed E-state index contributed by atoms with van der Waals surface area (Å²) in [6.45, 7) is 4.92. The molecular formula is C15H20FN3. The van der Waals surface area contributed by atoms with Gasteiger partial charge in [0.25, 0.3) is 0 Å². The molecule has 2 rings (SSSR count). The van der Waals surface area contributed by atoms with E-state index < -0.39 is 0 Å². The highest BCUT2D eigenvalue weighted by molar-refractivity contribution is 5.39. The van der Waals surface area contributed by atoms with Gasteiger partial charge >= 0.3 is 0 Å². The van der Waals surface area contributed by atoms with Gasteiger partial charge in [0, 0.05) is 17.8 Å². The predicted octanol–water partition coefficient (Wildman–Crippen LogP) is 2.86. The van der Waals surface area contributed by atoms with Crippen molar-refractivity contribution in [3.8, 4) is 5.69 Å². The summed E-state index contributed by atoms with van der Waals surface area (Å²) >= 11 is 0. The van der Waals surface area contributed by atoms with E-state index in [1.54, 1.807) is 16.8 Å². The molecule has 0 saturated carbocycles. The molecule has 1 heterocycles. The summed E-state index contributed by atoms with van der Waals surface area (Å²) in [7, 11) is 1.92. The first-order valence-electron chi connectivity index (χ1n) is 6.72. The zero-order valence-electron chi connectivity index (χ0n) is 11.7. The fourth-order valence-corrected chi connectivity index (χ4v) is 2.39. The number of aryl methyl sites for hydroxylation is 1. The van der Waals surface area contributed by atoms with Gasteiger partial charge in [0.15, 0.2) is 0 Å². The van der Waals surface area contributed by atoms with Crippen molar-refractivity contribution in [2.75, 3.05) is 7.05 Å². The molecule has 19 heavy (non-hydrogen) atoms. The predicted molar refractivity (Wildman–Crippen MR) is 75.0 cm³/mol. The smallest absolute Gasteiger partial charge is 0.148 e. The fourth-order valence-electron chi connectivity index (χ4n) is 2.39. The van der Waals surface area contributed by atoms with Gasteiger partial charge in [0.2, 0.25) is 0 Å². The molecule has 0 spiro atoms. The van der Waals surface area contributed by atoms with Crippen LogP contribution in [0.4, 0.5) is 4.39 Å². The quantitative estimate of drug-likeness (QED) is 0.897. The van der Waals surface area contributed by atoms with Crippen molar-refractivity contribution in [2.45, 2.75) is 33.2 Å². The van der Waals surface area contributed by atoms with Crippen LogP contribution in [0.15, 0.2) is 24.3 Å². The van der Waals surface area contributed by atoms with E-state index in [1.807, 2.05) is 13.1 Å². The van der Waals surface area contributed by atoms with Gasteiger partial charge in [-0.3, -0.25) is 0 Å². The van der Waals surface area contributed by atoms with Gasteiger partial charge in [-0.05, 0) is 32.0 Å². The molecule has 0 atom stereocenters. The van der Waals surface area contributed by atoms with Crippen molar-refractivity contribution >= 4 is 0 Å². The summed E-state index contributed by atoms with van der Waals surface area (Å²) in [5.74, 6) is -0.238. The van der Waals surface area contributed by atoms with E-state index in [0.29, 0.717) is 5.69 Å². The molecular weight excluding hydrogens is 241 g/mol. The highest BCUT2D eigenvalue weighted by atomic mass is 19.1. The largest absolute Gasteiger partial charge is 0.316 e. The van der Waals surface area contributed by atoms with Crippen LogP contribution in [0.1, 0.15) is 30.8 Å². The summed E-state index contributed by atoms with van der Waals surface area (Å²) in [5, 5.41) is 7.75. The minimum absolute atomic E-state index is 0.238. The molecule has 0 aliphatic heterocycles. The second kappa shape index (κ2) is 5.97. The Bertz CT molecular complexity index is 561. The first kappa shape index (κ1) is 13.7. The molecule has 1 aromatic heterocycles. The summed E-state index contributed by atoms with van der Waals surface area (Å²) in [4.78, 5) is 0. The molecule has 0 amide bonds. The van der Waals surface area contributed by atoms with Gasteiger partial charge in [-0.15, -0.1) is 0 Å². The number of para-hydroxylation sites is 1. The monoisotopic (exact) mass is 261 g/mol. The third-order valence-corrected chi connectivity index (χ3v) is 3.28. The average Bonchev–Trinajstić information content (AvgIpc) is 2.77. The van der Waals surface area contributed by atoms with Crippen molar-refractivity contribution < 1.29 is 4.39 Å². The second-order valence-electron chi connectivity index (χ2n) is 4.47.